The fraction of sp³-hybridized carbons (Fsp3) is 0.172. The molecule has 0 unspecified atom stereocenters. The van der Waals surface area contributed by atoms with E-state index in [9.17, 15) is 4.79 Å². The number of furan rings is 1. The minimum absolute atomic E-state index is 0.0315. The number of benzene rings is 2. The maximum absolute atomic E-state index is 12.6. The van der Waals surface area contributed by atoms with E-state index < -0.39 is 0 Å². The first-order chi connectivity index (χ1) is 17.2. The Hall–Kier alpha value is -4.32. The summed E-state index contributed by atoms with van der Waals surface area (Å²) in [6.07, 6.45) is 4.60. The second-order valence-corrected chi connectivity index (χ2v) is 8.24. The van der Waals surface area contributed by atoms with Gasteiger partial charge < -0.3 is 18.9 Å². The molecule has 176 valence electrons. The second kappa shape index (κ2) is 10.3. The quantitative estimate of drug-likeness (QED) is 0.294. The van der Waals surface area contributed by atoms with Crippen LogP contribution in [0.1, 0.15) is 24.8 Å². The molecule has 6 nitrogen and oxygen atoms in total. The van der Waals surface area contributed by atoms with Gasteiger partial charge in [0.15, 0.2) is 0 Å². The first-order valence-corrected chi connectivity index (χ1v) is 11.8. The lowest BCUT2D eigenvalue weighted by Gasteiger charge is -2.09. The lowest BCUT2D eigenvalue weighted by molar-refractivity contribution is -0.121. The van der Waals surface area contributed by atoms with Gasteiger partial charge in [-0.15, -0.1) is 0 Å². The minimum Gasteiger partial charge on any atom is -0.494 e. The molecule has 0 aliphatic heterocycles. The van der Waals surface area contributed by atoms with Crippen molar-refractivity contribution < 1.29 is 13.9 Å². The monoisotopic (exact) mass is 465 g/mol. The molecule has 3 aromatic heterocycles. The van der Waals surface area contributed by atoms with Crippen molar-refractivity contribution in [2.24, 2.45) is 0 Å². The van der Waals surface area contributed by atoms with Crippen molar-refractivity contribution in [2.45, 2.75) is 26.3 Å². The van der Waals surface area contributed by atoms with Crippen molar-refractivity contribution >= 4 is 11.6 Å². The first kappa shape index (κ1) is 22.5. The average molecular weight is 466 g/mol. The molecule has 0 aliphatic carbocycles. The molecule has 0 atom stereocenters. The van der Waals surface area contributed by atoms with Gasteiger partial charge in [0.1, 0.15) is 17.2 Å². The van der Waals surface area contributed by atoms with E-state index in [1.807, 2.05) is 61.5 Å². The molecule has 0 saturated carbocycles. The van der Waals surface area contributed by atoms with Crippen molar-refractivity contribution in [1.29, 1.82) is 0 Å². The Bertz CT molecular complexity index is 1420. The number of nitrogens with one attached hydrogen (secondary N) is 1. The molecular weight excluding hydrogens is 438 g/mol. The van der Waals surface area contributed by atoms with E-state index in [4.69, 9.17) is 14.1 Å². The number of ether oxygens (including phenoxy) is 1. The van der Waals surface area contributed by atoms with E-state index in [2.05, 4.69) is 40.2 Å². The molecule has 0 saturated heterocycles. The fourth-order valence-corrected chi connectivity index (χ4v) is 4.18. The maximum Gasteiger partial charge on any atom is 0.220 e. The summed E-state index contributed by atoms with van der Waals surface area (Å²) < 4.78 is 13.1. The third-order valence-electron chi connectivity index (χ3n) is 5.87. The zero-order valence-corrected chi connectivity index (χ0v) is 19.6. The second-order valence-electron chi connectivity index (χ2n) is 8.24. The van der Waals surface area contributed by atoms with E-state index in [1.54, 1.807) is 6.26 Å². The summed E-state index contributed by atoms with van der Waals surface area (Å²) in [5.74, 6) is 1.54. The molecule has 1 amide bonds. The molecule has 5 rings (SSSR count). The van der Waals surface area contributed by atoms with Crippen LogP contribution in [0.3, 0.4) is 0 Å². The summed E-state index contributed by atoms with van der Waals surface area (Å²) in [4.78, 5) is 17.5. The van der Waals surface area contributed by atoms with Gasteiger partial charge in [0.25, 0.3) is 0 Å². The maximum atomic E-state index is 12.6. The smallest absolute Gasteiger partial charge is 0.220 e. The number of hydrogen-bond donors (Lipinski definition) is 1. The number of nitrogens with zero attached hydrogens (tertiary/aromatic N) is 2. The van der Waals surface area contributed by atoms with Crippen LogP contribution in [-0.4, -0.2) is 21.9 Å². The van der Waals surface area contributed by atoms with Crippen molar-refractivity contribution in [2.75, 3.05) is 6.61 Å². The van der Waals surface area contributed by atoms with Crippen molar-refractivity contribution in [3.63, 3.8) is 0 Å². The molecule has 5 aromatic rings. The van der Waals surface area contributed by atoms with Crippen molar-refractivity contribution in [3.05, 3.63) is 103 Å². The first-order valence-electron chi connectivity index (χ1n) is 11.8. The Morgan fingerprint density at radius 3 is 2.63 bits per heavy atom. The summed E-state index contributed by atoms with van der Waals surface area (Å²) in [5, 5.41) is 2.93. The summed E-state index contributed by atoms with van der Waals surface area (Å²) in [6, 6.07) is 25.9. The van der Waals surface area contributed by atoms with Crippen LogP contribution in [0.2, 0.25) is 0 Å². The highest BCUT2D eigenvalue weighted by molar-refractivity contribution is 5.77. The third-order valence-corrected chi connectivity index (χ3v) is 5.87. The molecule has 6 heteroatoms. The highest BCUT2D eigenvalue weighted by atomic mass is 16.5. The summed E-state index contributed by atoms with van der Waals surface area (Å²) in [6.45, 7) is 2.98. The predicted octanol–water partition coefficient (Wildman–Crippen LogP) is 5.91. The Labute approximate surface area is 204 Å². The van der Waals surface area contributed by atoms with Gasteiger partial charge in [-0.05, 0) is 60.9 Å². The summed E-state index contributed by atoms with van der Waals surface area (Å²) >= 11 is 0. The normalized spacial score (nSPS) is 11.0. The van der Waals surface area contributed by atoms with Crippen molar-refractivity contribution in [1.82, 2.24) is 14.7 Å². The van der Waals surface area contributed by atoms with Crippen LogP contribution in [0.5, 0.6) is 5.75 Å². The molecular formula is C29H27N3O3. The Morgan fingerprint density at radius 2 is 1.83 bits per heavy atom. The van der Waals surface area contributed by atoms with Crippen LogP contribution in [-0.2, 0) is 17.8 Å². The van der Waals surface area contributed by atoms with Gasteiger partial charge in [0.2, 0.25) is 5.91 Å². The van der Waals surface area contributed by atoms with E-state index in [1.165, 1.54) is 0 Å². The number of pyridine rings is 1. The molecule has 1 N–H and O–H groups in total. The molecule has 3 heterocycles. The number of fused-ring (bicyclic) bond motifs is 1. The van der Waals surface area contributed by atoms with Crippen molar-refractivity contribution in [3.8, 4) is 28.1 Å². The van der Waals surface area contributed by atoms with Gasteiger partial charge in [-0.1, -0.05) is 42.5 Å². The number of imidazole rings is 1. The SMILES string of the molecule is CCOc1cccc(-c2ccc3nc(-c4ccccc4)c(CCC(=O)NCc4ccco4)n3c2)c1. The zero-order chi connectivity index (χ0) is 24.0. The fourth-order valence-electron chi connectivity index (χ4n) is 4.18. The molecule has 0 bridgehead atoms. The van der Waals surface area contributed by atoms with Gasteiger partial charge in [0, 0.05) is 18.2 Å². The van der Waals surface area contributed by atoms with Gasteiger partial charge in [0.05, 0.1) is 30.8 Å². The summed E-state index contributed by atoms with van der Waals surface area (Å²) in [7, 11) is 0. The van der Waals surface area contributed by atoms with E-state index in [0.717, 1.165) is 45.2 Å². The summed E-state index contributed by atoms with van der Waals surface area (Å²) in [5.41, 5.74) is 5.89. The topological polar surface area (TPSA) is 68.8 Å². The largest absolute Gasteiger partial charge is 0.494 e. The van der Waals surface area contributed by atoms with Crippen LogP contribution in [0.4, 0.5) is 0 Å². The highest BCUT2D eigenvalue weighted by Crippen LogP contribution is 2.29. The van der Waals surface area contributed by atoms with Gasteiger partial charge in [-0.25, -0.2) is 4.98 Å². The highest BCUT2D eigenvalue weighted by Gasteiger charge is 2.16. The van der Waals surface area contributed by atoms with Gasteiger partial charge in [-0.2, -0.15) is 0 Å². The number of carbonyl (C=O) groups excluding carboxylic acids is 1. The third kappa shape index (κ3) is 5.11. The number of amides is 1. The number of aryl methyl sites for hydroxylation is 1. The van der Waals surface area contributed by atoms with Crippen LogP contribution < -0.4 is 10.1 Å². The van der Waals surface area contributed by atoms with Gasteiger partial charge in [-0.3, -0.25) is 4.79 Å². The average Bonchev–Trinajstić information content (AvgIpc) is 3.55. The lowest BCUT2D eigenvalue weighted by Crippen LogP contribution is -2.23. The standard InChI is InChI=1S/C29H27N3O3/c1-2-34-24-11-6-10-22(18-24)23-13-15-27-31-29(21-8-4-3-5-9-21)26(32(27)20-23)14-16-28(33)30-19-25-12-7-17-35-25/h3-13,15,17-18,20H,2,14,16,19H2,1H3,(H,30,33). The van der Waals surface area contributed by atoms with E-state index in [-0.39, 0.29) is 5.91 Å². The van der Waals surface area contributed by atoms with E-state index >= 15 is 0 Å². The van der Waals surface area contributed by atoms with E-state index in [0.29, 0.717) is 26.0 Å². The molecule has 0 fully saturated rings. The Balaban J connectivity index is 1.47. The van der Waals surface area contributed by atoms with Crippen LogP contribution >= 0.6 is 0 Å². The molecule has 2 aromatic carbocycles. The number of aromatic nitrogens is 2. The number of rotatable bonds is 9. The number of carbonyl (C=O) groups is 1. The van der Waals surface area contributed by atoms with Crippen LogP contribution in [0.15, 0.2) is 95.7 Å². The Kier molecular flexibility index (Phi) is 6.61. The lowest BCUT2D eigenvalue weighted by atomic mass is 10.1. The molecule has 0 radical (unpaired) electrons. The zero-order valence-electron chi connectivity index (χ0n) is 19.6. The minimum atomic E-state index is -0.0315. The van der Waals surface area contributed by atoms with Crippen LogP contribution in [0.25, 0.3) is 28.0 Å². The molecule has 0 aliphatic rings. The van der Waals surface area contributed by atoms with Crippen LogP contribution in [0, 0.1) is 0 Å². The van der Waals surface area contributed by atoms with Gasteiger partial charge >= 0.3 is 0 Å². The molecule has 35 heavy (non-hydrogen) atoms. The molecule has 0 spiro atoms. The number of hydrogen-bond acceptors (Lipinski definition) is 4. The Morgan fingerprint density at radius 1 is 0.971 bits per heavy atom. The predicted molar refractivity (Wildman–Crippen MR) is 136 cm³/mol.